The molecular weight excluding hydrogens is 286 g/mol. The first-order valence-electron chi connectivity index (χ1n) is 5.83. The number of halogens is 1. The van der Waals surface area contributed by atoms with E-state index in [2.05, 4.69) is 31.4 Å². The van der Waals surface area contributed by atoms with Crippen molar-refractivity contribution in [2.24, 2.45) is 5.92 Å². The summed E-state index contributed by atoms with van der Waals surface area (Å²) in [6.07, 6.45) is 5.96. The number of aromatic amines is 1. The highest BCUT2D eigenvalue weighted by molar-refractivity contribution is 9.10. The molecule has 1 aliphatic rings. The summed E-state index contributed by atoms with van der Waals surface area (Å²) in [7, 11) is 0. The number of rotatable bonds is 3. The van der Waals surface area contributed by atoms with Gasteiger partial charge in [0.15, 0.2) is 0 Å². The fourth-order valence-corrected chi connectivity index (χ4v) is 2.61. The number of H-pyrrole nitrogens is 1. The van der Waals surface area contributed by atoms with Crippen LogP contribution in [0.3, 0.4) is 0 Å². The molecular formula is C11H16BrN3O2. The zero-order valence-electron chi connectivity index (χ0n) is 9.45. The Labute approximate surface area is 108 Å². The van der Waals surface area contributed by atoms with Gasteiger partial charge in [0, 0.05) is 18.6 Å². The van der Waals surface area contributed by atoms with Gasteiger partial charge >= 0.3 is 0 Å². The van der Waals surface area contributed by atoms with Crippen LogP contribution < -0.4 is 10.9 Å². The lowest BCUT2D eigenvalue weighted by Gasteiger charge is -2.31. The second-order valence-corrected chi connectivity index (χ2v) is 5.20. The van der Waals surface area contributed by atoms with Crippen molar-refractivity contribution in [2.45, 2.75) is 31.7 Å². The van der Waals surface area contributed by atoms with Crippen LogP contribution in [-0.4, -0.2) is 28.0 Å². The van der Waals surface area contributed by atoms with Crippen molar-refractivity contribution >= 4 is 21.6 Å². The van der Waals surface area contributed by atoms with Crippen molar-refractivity contribution in [2.75, 3.05) is 11.9 Å². The van der Waals surface area contributed by atoms with E-state index in [0.717, 1.165) is 25.7 Å². The quantitative estimate of drug-likeness (QED) is 0.790. The number of hydrogen-bond acceptors (Lipinski definition) is 4. The predicted molar refractivity (Wildman–Crippen MR) is 69.0 cm³/mol. The van der Waals surface area contributed by atoms with E-state index in [1.54, 1.807) is 6.20 Å². The summed E-state index contributed by atoms with van der Waals surface area (Å²) in [4.78, 5) is 11.4. The Balaban J connectivity index is 2.13. The molecule has 0 amide bonds. The molecule has 2 unspecified atom stereocenters. The van der Waals surface area contributed by atoms with Gasteiger partial charge in [0.25, 0.3) is 5.56 Å². The minimum atomic E-state index is -0.244. The smallest absolute Gasteiger partial charge is 0.280 e. The van der Waals surface area contributed by atoms with Crippen LogP contribution in [0.4, 0.5) is 5.69 Å². The summed E-state index contributed by atoms with van der Waals surface area (Å²) in [6.45, 7) is 0.186. The van der Waals surface area contributed by atoms with Gasteiger partial charge in [0.1, 0.15) is 4.47 Å². The van der Waals surface area contributed by atoms with Crippen LogP contribution in [0, 0.1) is 5.92 Å². The Bertz CT molecular complexity index is 435. The third kappa shape index (κ3) is 2.87. The molecule has 2 atom stereocenters. The average Bonchev–Trinajstić information content (AvgIpc) is 2.35. The maximum Gasteiger partial charge on any atom is 0.280 e. The molecule has 1 aromatic rings. The van der Waals surface area contributed by atoms with E-state index >= 15 is 0 Å². The molecule has 1 aliphatic carbocycles. The molecule has 1 saturated carbocycles. The van der Waals surface area contributed by atoms with Gasteiger partial charge in [-0.3, -0.25) is 4.79 Å². The maximum atomic E-state index is 11.4. The second kappa shape index (κ2) is 5.64. The van der Waals surface area contributed by atoms with E-state index in [1.807, 2.05) is 0 Å². The molecule has 1 aromatic heterocycles. The zero-order valence-corrected chi connectivity index (χ0v) is 11.0. The van der Waals surface area contributed by atoms with E-state index in [4.69, 9.17) is 0 Å². The fraction of sp³-hybridized carbons (Fsp3) is 0.636. The largest absolute Gasteiger partial charge is 0.396 e. The van der Waals surface area contributed by atoms with E-state index in [0.29, 0.717) is 10.2 Å². The highest BCUT2D eigenvalue weighted by Gasteiger charge is 2.25. The highest BCUT2D eigenvalue weighted by Crippen LogP contribution is 2.28. The first-order chi connectivity index (χ1) is 8.22. The van der Waals surface area contributed by atoms with E-state index in [9.17, 15) is 9.90 Å². The summed E-state index contributed by atoms with van der Waals surface area (Å²) < 4.78 is 0.467. The Morgan fingerprint density at radius 3 is 3.06 bits per heavy atom. The average molecular weight is 302 g/mol. The highest BCUT2D eigenvalue weighted by atomic mass is 79.9. The van der Waals surface area contributed by atoms with Crippen molar-refractivity contribution in [1.29, 1.82) is 0 Å². The van der Waals surface area contributed by atoms with E-state index in [-0.39, 0.29) is 24.1 Å². The standard InChI is InChI=1S/C11H16BrN3O2/c12-10-9(5-13-15-11(10)17)14-8-4-2-1-3-7(8)6-16/h5,7-8,16H,1-4,6H2,(H2,14,15,17). The second-order valence-electron chi connectivity index (χ2n) is 4.40. The number of nitrogens with zero attached hydrogens (tertiary/aromatic N) is 1. The number of aliphatic hydroxyl groups excluding tert-OH is 1. The first-order valence-corrected chi connectivity index (χ1v) is 6.62. The topological polar surface area (TPSA) is 78.0 Å². The van der Waals surface area contributed by atoms with Gasteiger partial charge in [-0.1, -0.05) is 12.8 Å². The van der Waals surface area contributed by atoms with Gasteiger partial charge in [-0.2, -0.15) is 5.10 Å². The van der Waals surface area contributed by atoms with Crippen LogP contribution in [0.25, 0.3) is 0 Å². The van der Waals surface area contributed by atoms with Crippen LogP contribution in [-0.2, 0) is 0 Å². The lowest BCUT2D eigenvalue weighted by molar-refractivity contribution is 0.178. The van der Waals surface area contributed by atoms with Gasteiger partial charge in [0.2, 0.25) is 0 Å². The van der Waals surface area contributed by atoms with Crippen LogP contribution in [0.5, 0.6) is 0 Å². The molecule has 0 radical (unpaired) electrons. The number of aliphatic hydroxyl groups is 1. The van der Waals surface area contributed by atoms with Crippen LogP contribution >= 0.6 is 15.9 Å². The molecule has 17 heavy (non-hydrogen) atoms. The molecule has 0 aliphatic heterocycles. The Morgan fingerprint density at radius 1 is 1.53 bits per heavy atom. The van der Waals surface area contributed by atoms with Crippen molar-refractivity contribution < 1.29 is 5.11 Å². The Hall–Kier alpha value is -0.880. The SMILES string of the molecule is O=c1[nH]ncc(NC2CCCCC2CO)c1Br. The number of nitrogens with one attached hydrogen (secondary N) is 2. The molecule has 6 heteroatoms. The molecule has 0 saturated heterocycles. The van der Waals surface area contributed by atoms with Gasteiger partial charge in [-0.05, 0) is 28.8 Å². The predicted octanol–water partition coefficient (Wildman–Crippen LogP) is 1.50. The van der Waals surface area contributed by atoms with Gasteiger partial charge in [-0.15, -0.1) is 0 Å². The van der Waals surface area contributed by atoms with E-state index < -0.39 is 0 Å². The molecule has 2 rings (SSSR count). The summed E-state index contributed by atoms with van der Waals surface area (Å²) in [5, 5.41) is 18.8. The number of aromatic nitrogens is 2. The summed E-state index contributed by atoms with van der Waals surface area (Å²) in [5.74, 6) is 0.259. The minimum Gasteiger partial charge on any atom is -0.396 e. The summed E-state index contributed by atoms with van der Waals surface area (Å²) in [6, 6.07) is 0.216. The summed E-state index contributed by atoms with van der Waals surface area (Å²) >= 11 is 3.24. The molecule has 5 nitrogen and oxygen atoms in total. The van der Waals surface area contributed by atoms with Crippen LogP contribution in [0.15, 0.2) is 15.5 Å². The summed E-state index contributed by atoms with van der Waals surface area (Å²) in [5.41, 5.74) is 0.449. The Morgan fingerprint density at radius 2 is 2.29 bits per heavy atom. The first kappa shape index (κ1) is 12.6. The molecule has 0 bridgehead atoms. The molecule has 1 fully saturated rings. The van der Waals surface area contributed by atoms with Gasteiger partial charge in [0.05, 0.1) is 11.9 Å². The molecule has 3 N–H and O–H groups in total. The molecule has 0 spiro atoms. The minimum absolute atomic E-state index is 0.186. The lowest BCUT2D eigenvalue weighted by atomic mass is 9.85. The number of hydrogen-bond donors (Lipinski definition) is 3. The molecule has 0 aromatic carbocycles. The van der Waals surface area contributed by atoms with Gasteiger partial charge < -0.3 is 10.4 Å². The molecule has 1 heterocycles. The van der Waals surface area contributed by atoms with Crippen molar-refractivity contribution in [3.63, 3.8) is 0 Å². The van der Waals surface area contributed by atoms with Gasteiger partial charge in [-0.25, -0.2) is 5.10 Å². The maximum absolute atomic E-state index is 11.4. The Kier molecular flexibility index (Phi) is 4.17. The zero-order chi connectivity index (χ0) is 12.3. The fourth-order valence-electron chi connectivity index (χ4n) is 2.30. The van der Waals surface area contributed by atoms with Crippen LogP contribution in [0.2, 0.25) is 0 Å². The van der Waals surface area contributed by atoms with Crippen molar-refractivity contribution in [3.05, 3.63) is 21.0 Å². The van der Waals surface area contributed by atoms with Crippen molar-refractivity contribution in [3.8, 4) is 0 Å². The van der Waals surface area contributed by atoms with Crippen molar-refractivity contribution in [1.82, 2.24) is 10.2 Å². The number of anilines is 1. The third-order valence-corrected chi connectivity index (χ3v) is 4.07. The van der Waals surface area contributed by atoms with Crippen LogP contribution in [0.1, 0.15) is 25.7 Å². The normalized spacial score (nSPS) is 24.6. The third-order valence-electron chi connectivity index (χ3n) is 3.28. The van der Waals surface area contributed by atoms with E-state index in [1.165, 1.54) is 0 Å². The monoisotopic (exact) mass is 301 g/mol. The molecule has 94 valence electrons. The lowest BCUT2D eigenvalue weighted by Crippen LogP contribution is -2.35.